The van der Waals surface area contributed by atoms with Crippen LogP contribution in [0.1, 0.15) is 98.3 Å². The van der Waals surface area contributed by atoms with Gasteiger partial charge in [-0.1, -0.05) is 76.8 Å². The van der Waals surface area contributed by atoms with Crippen LogP contribution >= 0.6 is 28.6 Å². The number of halogens is 2. The second-order valence-corrected chi connectivity index (χ2v) is 15.5. The number of hydrogen-bond acceptors (Lipinski definition) is 2. The van der Waals surface area contributed by atoms with E-state index in [9.17, 15) is 4.57 Å². The Morgan fingerprint density at radius 3 is 2.59 bits per heavy atom. The zero-order chi connectivity index (χ0) is 23.5. The van der Waals surface area contributed by atoms with Crippen molar-refractivity contribution in [2.75, 3.05) is 0 Å². The summed E-state index contributed by atoms with van der Waals surface area (Å²) in [6, 6.07) is 0. The number of hydrogen-bond donors (Lipinski definition) is 0. The molecular formula is C27H43Cl2O2P. The molecule has 0 radical (unpaired) electrons. The molecule has 0 heterocycles. The summed E-state index contributed by atoms with van der Waals surface area (Å²) >= 11 is 11.3. The van der Waals surface area contributed by atoms with Gasteiger partial charge in [-0.2, -0.15) is 0 Å². The highest BCUT2D eigenvalue weighted by Gasteiger charge is 2.50. The quantitative estimate of drug-likeness (QED) is 0.309. The minimum absolute atomic E-state index is 0.190. The zero-order valence-corrected chi connectivity index (χ0v) is 23.0. The maximum Gasteiger partial charge on any atom is 0.380 e. The van der Waals surface area contributed by atoms with Crippen molar-refractivity contribution in [2.45, 2.75) is 104 Å². The summed E-state index contributed by atoms with van der Waals surface area (Å²) in [6.07, 6.45) is 13.9. The Morgan fingerprint density at radius 1 is 1.16 bits per heavy atom. The minimum Gasteiger partial charge on any atom is -0.303 e. The number of fused-ring (bicyclic) bond motifs is 1. The first-order valence-electron chi connectivity index (χ1n) is 12.7. The molecule has 5 unspecified atom stereocenters. The Balaban J connectivity index is 1.70. The fourth-order valence-electron chi connectivity index (χ4n) is 6.91. The van der Waals surface area contributed by atoms with Crippen LogP contribution in [0.25, 0.3) is 0 Å². The summed E-state index contributed by atoms with van der Waals surface area (Å²) in [4.78, 5) is 0. The van der Waals surface area contributed by atoms with Crippen molar-refractivity contribution in [3.8, 4) is 0 Å². The number of allylic oxidation sites excluding steroid dienone is 4. The van der Waals surface area contributed by atoms with Crippen molar-refractivity contribution in [1.29, 1.82) is 0 Å². The van der Waals surface area contributed by atoms with E-state index in [4.69, 9.17) is 27.0 Å². The third-order valence-corrected chi connectivity index (χ3v) is 9.63. The van der Waals surface area contributed by atoms with E-state index in [0.717, 1.165) is 36.2 Å². The van der Waals surface area contributed by atoms with Crippen LogP contribution in [0.4, 0.5) is 0 Å². The molecule has 32 heavy (non-hydrogen) atoms. The summed E-state index contributed by atoms with van der Waals surface area (Å²) in [7, 11) is 0. The van der Waals surface area contributed by atoms with Crippen LogP contribution < -0.4 is 0 Å². The van der Waals surface area contributed by atoms with Gasteiger partial charge in [0.05, 0.1) is 6.10 Å². The lowest BCUT2D eigenvalue weighted by Gasteiger charge is -2.44. The van der Waals surface area contributed by atoms with E-state index < -0.39 is 6.07 Å². The molecule has 0 amide bonds. The van der Waals surface area contributed by atoms with Gasteiger partial charge in [0.15, 0.2) is 0 Å². The molecule has 3 saturated carbocycles. The monoisotopic (exact) mass is 500 g/mol. The van der Waals surface area contributed by atoms with Crippen LogP contribution in [0.3, 0.4) is 0 Å². The Hall–Kier alpha value is -0.0100. The third-order valence-electron chi connectivity index (χ3n) is 8.61. The van der Waals surface area contributed by atoms with Crippen molar-refractivity contribution in [1.82, 2.24) is 0 Å². The molecule has 2 nitrogen and oxygen atoms in total. The number of rotatable bonds is 8. The van der Waals surface area contributed by atoms with Crippen LogP contribution in [0, 0.1) is 29.1 Å². The van der Waals surface area contributed by atoms with Crippen molar-refractivity contribution < 1.29 is 9.09 Å². The lowest BCUT2D eigenvalue weighted by atomic mass is 9.60. The van der Waals surface area contributed by atoms with Gasteiger partial charge in [-0.3, -0.25) is 4.57 Å². The first-order valence-corrected chi connectivity index (χ1v) is 16.2. The van der Waals surface area contributed by atoms with Gasteiger partial charge < -0.3 is 4.52 Å². The van der Waals surface area contributed by atoms with Crippen molar-refractivity contribution in [3.05, 3.63) is 35.5 Å². The molecule has 0 bridgehead atoms. The maximum atomic E-state index is 11.7. The smallest absolute Gasteiger partial charge is 0.303 e. The predicted octanol–water partition coefficient (Wildman–Crippen LogP) is 10.2. The van der Waals surface area contributed by atoms with Gasteiger partial charge in [0.2, 0.25) is 0 Å². The summed E-state index contributed by atoms with van der Waals surface area (Å²) in [6.45, 7) is 14.0. The van der Waals surface area contributed by atoms with Crippen LogP contribution in [0.5, 0.6) is 0 Å². The van der Waals surface area contributed by atoms with Crippen LogP contribution in [0.15, 0.2) is 35.5 Å². The zero-order valence-electron chi connectivity index (χ0n) is 20.5. The third kappa shape index (κ3) is 6.78. The first-order chi connectivity index (χ1) is 15.0. The topological polar surface area (TPSA) is 26.3 Å². The van der Waals surface area contributed by atoms with Gasteiger partial charge in [-0.05, 0) is 109 Å². The van der Waals surface area contributed by atoms with E-state index in [0.29, 0.717) is 17.8 Å². The van der Waals surface area contributed by atoms with Gasteiger partial charge >= 0.3 is 6.07 Å². The van der Waals surface area contributed by atoms with E-state index >= 15 is 0 Å². The molecule has 0 aromatic heterocycles. The predicted molar refractivity (Wildman–Crippen MR) is 139 cm³/mol. The molecule has 182 valence electrons. The van der Waals surface area contributed by atoms with Gasteiger partial charge in [0.25, 0.3) is 0 Å². The summed E-state index contributed by atoms with van der Waals surface area (Å²) in [5, 5.41) is 0. The van der Waals surface area contributed by atoms with E-state index in [-0.39, 0.29) is 6.10 Å². The molecule has 0 N–H and O–H groups in total. The molecule has 0 aromatic rings. The second kappa shape index (κ2) is 11.2. The average molecular weight is 502 g/mol. The molecule has 5 atom stereocenters. The minimum atomic E-state index is -3.51. The van der Waals surface area contributed by atoms with Crippen LogP contribution in [-0.2, 0) is 9.09 Å². The molecule has 0 aliphatic heterocycles. The highest BCUT2D eigenvalue weighted by Crippen LogP contribution is 2.61. The lowest BCUT2D eigenvalue weighted by Crippen LogP contribution is -2.36. The molecule has 5 heteroatoms. The Bertz CT molecular complexity index is 781. The van der Waals surface area contributed by atoms with E-state index in [1.807, 2.05) is 0 Å². The Morgan fingerprint density at radius 2 is 1.91 bits per heavy atom. The molecular weight excluding hydrogens is 458 g/mol. The SMILES string of the molecule is C=C1CCC(OP(=O)(Cl)Cl)C/C1=C/C=C1\CCCC2(C)C1CCC2C(C)CCCC(C)C. The van der Waals surface area contributed by atoms with E-state index in [2.05, 4.69) is 46.4 Å². The fraction of sp³-hybridized carbons (Fsp3) is 0.778. The summed E-state index contributed by atoms with van der Waals surface area (Å²) in [5.41, 5.74) is 4.42. The molecule has 3 rings (SSSR count). The van der Waals surface area contributed by atoms with E-state index in [1.165, 1.54) is 56.9 Å². The highest BCUT2D eigenvalue weighted by molar-refractivity contribution is 8.05. The van der Waals surface area contributed by atoms with Gasteiger partial charge in [-0.15, -0.1) is 0 Å². The summed E-state index contributed by atoms with van der Waals surface area (Å²) in [5.74, 6) is 3.19. The van der Waals surface area contributed by atoms with Gasteiger partial charge in [0.1, 0.15) is 0 Å². The molecule has 3 aliphatic carbocycles. The second-order valence-electron chi connectivity index (χ2n) is 11.3. The van der Waals surface area contributed by atoms with Crippen molar-refractivity contribution in [2.24, 2.45) is 29.1 Å². The summed E-state index contributed by atoms with van der Waals surface area (Å²) < 4.78 is 17.1. The largest absolute Gasteiger partial charge is 0.380 e. The first kappa shape index (κ1) is 26.6. The highest BCUT2D eigenvalue weighted by atomic mass is 35.9. The molecule has 0 spiro atoms. The maximum absolute atomic E-state index is 11.7. The molecule has 3 aliphatic rings. The van der Waals surface area contributed by atoms with Crippen LogP contribution in [0.2, 0.25) is 0 Å². The average Bonchev–Trinajstić information content (AvgIpc) is 3.04. The fourth-order valence-corrected chi connectivity index (χ4v) is 8.11. The molecule has 0 saturated heterocycles. The van der Waals surface area contributed by atoms with Gasteiger partial charge in [-0.25, -0.2) is 0 Å². The Labute approximate surface area is 206 Å². The van der Waals surface area contributed by atoms with Crippen molar-refractivity contribution in [3.63, 3.8) is 0 Å². The molecule has 0 aromatic carbocycles. The Kier molecular flexibility index (Phi) is 9.27. The van der Waals surface area contributed by atoms with Crippen LogP contribution in [-0.4, -0.2) is 6.10 Å². The standard InChI is InChI=1S/C27H43Cl2O2P/c1-19(2)8-6-9-21(4)25-15-16-26-22(10-7-17-27(25,26)5)12-13-23-18-24(14-11-20(23)3)31-32(28,29)30/h12-13,19,21,24-26H,3,6-11,14-18H2,1-2,4-5H3/b22-12+,23-13-. The van der Waals surface area contributed by atoms with Gasteiger partial charge in [0, 0.05) is 0 Å². The normalized spacial score (nSPS) is 35.0. The molecule has 3 fully saturated rings. The lowest BCUT2D eigenvalue weighted by molar-refractivity contribution is 0.0929. The van der Waals surface area contributed by atoms with Crippen molar-refractivity contribution >= 4 is 28.6 Å². The van der Waals surface area contributed by atoms with E-state index in [1.54, 1.807) is 5.57 Å².